The summed E-state index contributed by atoms with van der Waals surface area (Å²) in [6.07, 6.45) is 0. The van der Waals surface area contributed by atoms with Gasteiger partial charge in [-0.2, -0.15) is 0 Å². The Labute approximate surface area is 118 Å². The molecule has 100 valence electrons. The summed E-state index contributed by atoms with van der Waals surface area (Å²) in [6, 6.07) is 17.6. The lowest BCUT2D eigenvalue weighted by molar-refractivity contribution is 0.581. The van der Waals surface area contributed by atoms with Gasteiger partial charge >= 0.3 is 0 Å². The summed E-state index contributed by atoms with van der Waals surface area (Å²) < 4.78 is 26.5. The van der Waals surface area contributed by atoms with E-state index in [1.807, 2.05) is 30.3 Å². The Morgan fingerprint density at radius 3 is 2.05 bits per heavy atom. The van der Waals surface area contributed by atoms with E-state index in [1.54, 1.807) is 30.3 Å². The summed E-state index contributed by atoms with van der Waals surface area (Å²) in [5.41, 5.74) is 0.889. The fourth-order valence-electron chi connectivity index (χ4n) is 1.65. The normalized spacial score (nSPS) is 13.1. The smallest absolute Gasteiger partial charge is 0.209 e. The second-order valence-electron chi connectivity index (χ2n) is 4.04. The summed E-state index contributed by atoms with van der Waals surface area (Å²) in [6.45, 7) is 0.156. The molecule has 0 spiro atoms. The van der Waals surface area contributed by atoms with Gasteiger partial charge in [0.15, 0.2) is 0 Å². The van der Waals surface area contributed by atoms with Gasteiger partial charge in [-0.05, 0) is 17.7 Å². The molecule has 1 atom stereocenters. The van der Waals surface area contributed by atoms with Crippen LogP contribution in [0.1, 0.15) is 10.9 Å². The van der Waals surface area contributed by atoms with Crippen molar-refractivity contribution in [3.8, 4) is 0 Å². The molecule has 0 aromatic heterocycles. The van der Waals surface area contributed by atoms with Crippen LogP contribution in [-0.4, -0.2) is 15.0 Å². The number of nitrogens with one attached hydrogen (secondary N) is 1. The predicted molar refractivity (Wildman–Crippen MR) is 76.7 cm³/mol. The van der Waals surface area contributed by atoms with Crippen molar-refractivity contribution in [3.05, 3.63) is 66.2 Å². The summed E-state index contributed by atoms with van der Waals surface area (Å²) in [5.74, 6) is 0. The van der Waals surface area contributed by atoms with Crippen LogP contribution < -0.4 is 4.72 Å². The highest BCUT2D eigenvalue weighted by atomic mass is 35.5. The minimum atomic E-state index is -3.50. The quantitative estimate of drug-likeness (QED) is 0.862. The first-order valence-electron chi connectivity index (χ1n) is 5.83. The highest BCUT2D eigenvalue weighted by Gasteiger charge is 2.16. The van der Waals surface area contributed by atoms with Crippen molar-refractivity contribution in [2.24, 2.45) is 0 Å². The maximum atomic E-state index is 12.0. The van der Waals surface area contributed by atoms with Gasteiger partial charge in [-0.25, -0.2) is 13.1 Å². The van der Waals surface area contributed by atoms with Crippen molar-refractivity contribution in [1.82, 2.24) is 4.72 Å². The molecule has 0 heterocycles. The molecule has 0 saturated heterocycles. The molecule has 1 unspecified atom stereocenters. The molecule has 0 fully saturated rings. The molecular formula is C14H14ClNO2S. The molecule has 5 heteroatoms. The molecule has 0 aliphatic carbocycles. The van der Waals surface area contributed by atoms with Crippen molar-refractivity contribution in [3.63, 3.8) is 0 Å². The predicted octanol–water partition coefficient (Wildman–Crippen LogP) is 2.95. The lowest BCUT2D eigenvalue weighted by Crippen LogP contribution is -2.27. The van der Waals surface area contributed by atoms with E-state index in [0.717, 1.165) is 5.56 Å². The van der Waals surface area contributed by atoms with Crippen LogP contribution in [0.25, 0.3) is 0 Å². The number of sulfonamides is 1. The molecule has 0 bridgehead atoms. The zero-order valence-corrected chi connectivity index (χ0v) is 11.7. The minimum absolute atomic E-state index is 0.156. The zero-order chi connectivity index (χ0) is 13.7. The number of benzene rings is 2. The van der Waals surface area contributed by atoms with Crippen molar-refractivity contribution < 1.29 is 8.42 Å². The molecule has 0 saturated carbocycles. The van der Waals surface area contributed by atoms with Crippen LogP contribution in [0.4, 0.5) is 0 Å². The summed E-state index contributed by atoms with van der Waals surface area (Å²) >= 11 is 6.17. The van der Waals surface area contributed by atoms with Crippen LogP contribution in [0.5, 0.6) is 0 Å². The Morgan fingerprint density at radius 1 is 0.947 bits per heavy atom. The monoisotopic (exact) mass is 295 g/mol. The Bertz CT molecular complexity index is 614. The summed E-state index contributed by atoms with van der Waals surface area (Å²) in [5, 5.41) is -0.389. The van der Waals surface area contributed by atoms with Crippen molar-refractivity contribution in [1.29, 1.82) is 0 Å². The topological polar surface area (TPSA) is 46.2 Å². The minimum Gasteiger partial charge on any atom is -0.209 e. The molecule has 2 aromatic carbocycles. The van der Waals surface area contributed by atoms with Crippen LogP contribution in [0.15, 0.2) is 65.6 Å². The maximum Gasteiger partial charge on any atom is 0.240 e. The Balaban J connectivity index is 2.03. The first kappa shape index (κ1) is 14.1. The van der Waals surface area contributed by atoms with E-state index in [0.29, 0.717) is 0 Å². The third-order valence-electron chi connectivity index (χ3n) is 2.67. The first-order valence-corrected chi connectivity index (χ1v) is 7.75. The number of halogens is 1. The van der Waals surface area contributed by atoms with Crippen LogP contribution >= 0.6 is 11.6 Å². The average Bonchev–Trinajstić information content (AvgIpc) is 2.47. The second kappa shape index (κ2) is 6.19. The molecule has 0 radical (unpaired) electrons. The van der Waals surface area contributed by atoms with Crippen molar-refractivity contribution >= 4 is 21.6 Å². The van der Waals surface area contributed by atoms with Crippen LogP contribution in [0.3, 0.4) is 0 Å². The third kappa shape index (κ3) is 3.80. The Kier molecular flexibility index (Phi) is 4.58. The van der Waals surface area contributed by atoms with Gasteiger partial charge < -0.3 is 0 Å². The average molecular weight is 296 g/mol. The summed E-state index contributed by atoms with van der Waals surface area (Å²) in [7, 11) is -3.50. The molecular weight excluding hydrogens is 282 g/mol. The van der Waals surface area contributed by atoms with Gasteiger partial charge in [-0.3, -0.25) is 0 Å². The SMILES string of the molecule is O=S(=O)(NCC(Cl)c1ccccc1)c1ccccc1. The molecule has 19 heavy (non-hydrogen) atoms. The van der Waals surface area contributed by atoms with Gasteiger partial charge in [0, 0.05) is 6.54 Å². The van der Waals surface area contributed by atoms with Crippen LogP contribution in [0.2, 0.25) is 0 Å². The van der Waals surface area contributed by atoms with Gasteiger partial charge in [-0.1, -0.05) is 48.5 Å². The highest BCUT2D eigenvalue weighted by molar-refractivity contribution is 7.89. The van der Waals surface area contributed by atoms with E-state index in [2.05, 4.69) is 4.72 Å². The molecule has 2 rings (SSSR count). The van der Waals surface area contributed by atoms with Gasteiger partial charge in [0.2, 0.25) is 10.0 Å². The van der Waals surface area contributed by atoms with Crippen LogP contribution in [0, 0.1) is 0 Å². The third-order valence-corrected chi connectivity index (χ3v) is 4.51. The van der Waals surface area contributed by atoms with E-state index in [4.69, 9.17) is 11.6 Å². The van der Waals surface area contributed by atoms with Crippen molar-refractivity contribution in [2.45, 2.75) is 10.3 Å². The fourth-order valence-corrected chi connectivity index (χ4v) is 3.03. The molecule has 1 N–H and O–H groups in total. The van der Waals surface area contributed by atoms with E-state index in [-0.39, 0.29) is 16.8 Å². The Morgan fingerprint density at radius 2 is 1.47 bits per heavy atom. The number of alkyl halides is 1. The van der Waals surface area contributed by atoms with Gasteiger partial charge in [0.05, 0.1) is 10.3 Å². The van der Waals surface area contributed by atoms with E-state index in [1.165, 1.54) is 0 Å². The number of hydrogen-bond donors (Lipinski definition) is 1. The van der Waals surface area contributed by atoms with Gasteiger partial charge in [-0.15, -0.1) is 11.6 Å². The van der Waals surface area contributed by atoms with E-state index >= 15 is 0 Å². The lowest BCUT2D eigenvalue weighted by atomic mass is 10.1. The molecule has 0 aliphatic heterocycles. The first-order chi connectivity index (χ1) is 9.09. The van der Waals surface area contributed by atoms with Crippen LogP contribution in [-0.2, 0) is 10.0 Å². The largest absolute Gasteiger partial charge is 0.240 e. The van der Waals surface area contributed by atoms with E-state index < -0.39 is 10.0 Å². The summed E-state index contributed by atoms with van der Waals surface area (Å²) in [4.78, 5) is 0.243. The van der Waals surface area contributed by atoms with Gasteiger partial charge in [0.25, 0.3) is 0 Å². The maximum absolute atomic E-state index is 12.0. The second-order valence-corrected chi connectivity index (χ2v) is 6.34. The van der Waals surface area contributed by atoms with E-state index in [9.17, 15) is 8.42 Å². The standard InChI is InChI=1S/C14H14ClNO2S/c15-14(12-7-3-1-4-8-12)11-16-19(17,18)13-9-5-2-6-10-13/h1-10,14,16H,11H2. The molecule has 3 nitrogen and oxygen atoms in total. The fraction of sp³-hybridized carbons (Fsp3) is 0.143. The highest BCUT2D eigenvalue weighted by Crippen LogP contribution is 2.19. The number of rotatable bonds is 5. The van der Waals surface area contributed by atoms with Gasteiger partial charge in [0.1, 0.15) is 0 Å². The molecule has 2 aromatic rings. The zero-order valence-electron chi connectivity index (χ0n) is 10.2. The van der Waals surface area contributed by atoms with Crippen molar-refractivity contribution in [2.75, 3.05) is 6.54 Å². The number of hydrogen-bond acceptors (Lipinski definition) is 2. The molecule has 0 amide bonds. The lowest BCUT2D eigenvalue weighted by Gasteiger charge is -2.11. The molecule has 0 aliphatic rings. The Hall–Kier alpha value is -1.36.